The van der Waals surface area contributed by atoms with E-state index in [2.05, 4.69) is 15.3 Å². The SMILES string of the molecule is OC[C@H]1O[C@@H](n2cnc3c(NCC45CC6CC(CC(C6)C4)C5)ncnc32)[C@@H]2OC3(CCCCC3)O[C@@H]21. The molecule has 2 aromatic rings. The Morgan fingerprint density at radius 1 is 0.944 bits per heavy atom. The van der Waals surface area contributed by atoms with Crippen LogP contribution in [0.2, 0.25) is 0 Å². The van der Waals surface area contributed by atoms with Gasteiger partial charge in [-0.05, 0) is 74.5 Å². The zero-order valence-electron chi connectivity index (χ0n) is 20.8. The predicted molar refractivity (Wildman–Crippen MR) is 131 cm³/mol. The van der Waals surface area contributed by atoms with Crippen LogP contribution in [0.25, 0.3) is 11.2 Å². The molecule has 2 aromatic heterocycles. The zero-order valence-corrected chi connectivity index (χ0v) is 20.8. The number of aromatic nitrogens is 4. The summed E-state index contributed by atoms with van der Waals surface area (Å²) in [5.41, 5.74) is 1.91. The van der Waals surface area contributed by atoms with E-state index >= 15 is 0 Å². The number of ether oxygens (including phenoxy) is 3. The molecule has 2 N–H and O–H groups in total. The summed E-state index contributed by atoms with van der Waals surface area (Å²) in [7, 11) is 0. The van der Waals surface area contributed by atoms with E-state index in [4.69, 9.17) is 19.2 Å². The molecule has 2 saturated heterocycles. The van der Waals surface area contributed by atoms with Crippen molar-refractivity contribution < 1.29 is 19.3 Å². The van der Waals surface area contributed by atoms with Crippen LogP contribution in [-0.4, -0.2) is 61.9 Å². The van der Waals surface area contributed by atoms with Crippen LogP contribution >= 0.6 is 0 Å². The minimum absolute atomic E-state index is 0.101. The van der Waals surface area contributed by atoms with E-state index in [1.54, 1.807) is 12.7 Å². The van der Waals surface area contributed by atoms with Crippen molar-refractivity contribution in [3.8, 4) is 0 Å². The molecule has 9 nitrogen and oxygen atoms in total. The molecule has 5 saturated carbocycles. The molecule has 0 aromatic carbocycles. The molecule has 7 fully saturated rings. The van der Waals surface area contributed by atoms with Gasteiger partial charge in [-0.1, -0.05) is 6.42 Å². The predicted octanol–water partition coefficient (Wildman–Crippen LogP) is 3.79. The molecule has 194 valence electrons. The third kappa shape index (κ3) is 3.38. The second kappa shape index (κ2) is 8.09. The molecule has 0 amide bonds. The minimum Gasteiger partial charge on any atom is -0.394 e. The Balaban J connectivity index is 1.06. The summed E-state index contributed by atoms with van der Waals surface area (Å²) in [4.78, 5) is 13.9. The molecule has 5 aliphatic carbocycles. The van der Waals surface area contributed by atoms with Crippen LogP contribution in [-0.2, 0) is 14.2 Å². The lowest BCUT2D eigenvalue weighted by atomic mass is 9.49. The number of nitrogens with one attached hydrogen (secondary N) is 1. The lowest BCUT2D eigenvalue weighted by molar-refractivity contribution is -0.232. The standard InChI is InChI=1S/C27H37N5O4/c33-12-19-21-22(36-27(35-21)4-2-1-3-5-27)25(34-19)32-15-31-20-23(29-14-30-24(20)32)28-13-26-9-16-6-17(10-26)8-18(7-16)11-26/h14-19,21-22,25,33H,1-13H2,(H,28,29,30)/t16?,17?,18?,19-,21-,22-,25-,26?/m1/s1. The van der Waals surface area contributed by atoms with Gasteiger partial charge in [-0.25, -0.2) is 15.0 Å². The molecule has 4 heterocycles. The van der Waals surface area contributed by atoms with Gasteiger partial charge in [0.15, 0.2) is 29.0 Å². The van der Waals surface area contributed by atoms with Gasteiger partial charge in [0, 0.05) is 19.4 Å². The monoisotopic (exact) mass is 495 g/mol. The smallest absolute Gasteiger partial charge is 0.169 e. The van der Waals surface area contributed by atoms with E-state index < -0.39 is 18.1 Å². The quantitative estimate of drug-likeness (QED) is 0.646. The Morgan fingerprint density at radius 2 is 1.67 bits per heavy atom. The van der Waals surface area contributed by atoms with Crippen molar-refractivity contribution in [1.82, 2.24) is 19.5 Å². The molecule has 7 aliphatic rings. The van der Waals surface area contributed by atoms with E-state index in [0.717, 1.165) is 67.0 Å². The number of hydrogen-bond donors (Lipinski definition) is 2. The maximum atomic E-state index is 10.0. The third-order valence-corrected chi connectivity index (χ3v) is 10.2. The molecule has 2 aliphatic heterocycles. The normalized spacial score (nSPS) is 42.4. The van der Waals surface area contributed by atoms with Crippen LogP contribution < -0.4 is 5.32 Å². The molecule has 0 unspecified atom stereocenters. The Hall–Kier alpha value is -1.81. The molecular weight excluding hydrogens is 458 g/mol. The summed E-state index contributed by atoms with van der Waals surface area (Å²) >= 11 is 0. The van der Waals surface area contributed by atoms with Crippen LogP contribution in [0.15, 0.2) is 12.7 Å². The van der Waals surface area contributed by atoms with Crippen molar-refractivity contribution in [1.29, 1.82) is 0 Å². The summed E-state index contributed by atoms with van der Waals surface area (Å²) in [6.45, 7) is 0.864. The number of fused-ring (bicyclic) bond motifs is 2. The number of nitrogens with zero attached hydrogens (tertiary/aromatic N) is 4. The summed E-state index contributed by atoms with van der Waals surface area (Å²) in [6, 6.07) is 0. The number of rotatable bonds is 5. The highest BCUT2D eigenvalue weighted by Gasteiger charge is 2.59. The van der Waals surface area contributed by atoms with Crippen molar-refractivity contribution in [2.45, 2.75) is 101 Å². The molecule has 4 bridgehead atoms. The first-order valence-corrected chi connectivity index (χ1v) is 14.2. The molecule has 1 spiro atoms. The van der Waals surface area contributed by atoms with Gasteiger partial charge in [0.25, 0.3) is 0 Å². The van der Waals surface area contributed by atoms with Crippen molar-refractivity contribution in [3.63, 3.8) is 0 Å². The summed E-state index contributed by atoms with van der Waals surface area (Å²) in [5, 5.41) is 13.7. The molecule has 9 rings (SSSR count). The topological polar surface area (TPSA) is 104 Å². The van der Waals surface area contributed by atoms with Crippen LogP contribution in [0, 0.1) is 23.2 Å². The van der Waals surface area contributed by atoms with Gasteiger partial charge in [-0.15, -0.1) is 0 Å². The molecule has 0 radical (unpaired) electrons. The number of anilines is 1. The minimum atomic E-state index is -0.543. The highest BCUT2D eigenvalue weighted by molar-refractivity contribution is 5.82. The van der Waals surface area contributed by atoms with Crippen molar-refractivity contribution in [2.75, 3.05) is 18.5 Å². The van der Waals surface area contributed by atoms with Crippen molar-refractivity contribution >= 4 is 17.0 Å². The Labute approximate surface area is 211 Å². The molecule has 9 heteroatoms. The molecule has 36 heavy (non-hydrogen) atoms. The van der Waals surface area contributed by atoms with Gasteiger partial charge in [-0.3, -0.25) is 4.57 Å². The summed E-state index contributed by atoms with van der Waals surface area (Å²) in [6.07, 6.45) is 15.6. The number of aliphatic hydroxyl groups is 1. The van der Waals surface area contributed by atoms with Gasteiger partial charge >= 0.3 is 0 Å². The lowest BCUT2D eigenvalue weighted by Crippen LogP contribution is -2.49. The average Bonchev–Trinajstić information content (AvgIpc) is 3.54. The zero-order chi connectivity index (χ0) is 23.9. The Kier molecular flexibility index (Phi) is 4.99. The van der Waals surface area contributed by atoms with Crippen molar-refractivity contribution in [2.24, 2.45) is 23.2 Å². The largest absolute Gasteiger partial charge is 0.394 e. The first-order valence-electron chi connectivity index (χ1n) is 14.2. The van der Waals surface area contributed by atoms with Gasteiger partial charge in [0.05, 0.1) is 12.9 Å². The Bertz CT molecular complexity index is 1110. The van der Waals surface area contributed by atoms with E-state index in [1.807, 2.05) is 4.57 Å². The Morgan fingerprint density at radius 3 is 2.39 bits per heavy atom. The highest BCUT2D eigenvalue weighted by atomic mass is 16.8. The first kappa shape index (κ1) is 22.2. The fourth-order valence-corrected chi connectivity index (χ4v) is 9.14. The van der Waals surface area contributed by atoms with E-state index in [9.17, 15) is 5.11 Å². The van der Waals surface area contributed by atoms with Gasteiger partial charge < -0.3 is 24.6 Å². The fraction of sp³-hybridized carbons (Fsp3) is 0.815. The second-order valence-electron chi connectivity index (χ2n) is 12.7. The summed E-state index contributed by atoms with van der Waals surface area (Å²) < 4.78 is 21.3. The van der Waals surface area contributed by atoms with Crippen molar-refractivity contribution in [3.05, 3.63) is 12.7 Å². The maximum Gasteiger partial charge on any atom is 0.169 e. The van der Waals surface area contributed by atoms with Gasteiger partial charge in [-0.2, -0.15) is 0 Å². The van der Waals surface area contributed by atoms with Crippen LogP contribution in [0.1, 0.15) is 76.9 Å². The summed E-state index contributed by atoms with van der Waals surface area (Å²) in [5.74, 6) is 3.04. The van der Waals surface area contributed by atoms with Crippen LogP contribution in [0.3, 0.4) is 0 Å². The fourth-order valence-electron chi connectivity index (χ4n) is 9.14. The number of hydrogen-bond acceptors (Lipinski definition) is 8. The van der Waals surface area contributed by atoms with E-state index in [0.29, 0.717) is 5.41 Å². The number of aliphatic hydroxyl groups excluding tert-OH is 1. The van der Waals surface area contributed by atoms with Gasteiger partial charge in [0.2, 0.25) is 0 Å². The van der Waals surface area contributed by atoms with Gasteiger partial charge in [0.1, 0.15) is 24.6 Å². The molecular formula is C27H37N5O4. The lowest BCUT2D eigenvalue weighted by Gasteiger charge is -2.57. The first-order chi connectivity index (χ1) is 17.6. The van der Waals surface area contributed by atoms with E-state index in [1.165, 1.54) is 44.9 Å². The van der Waals surface area contributed by atoms with Crippen LogP contribution in [0.5, 0.6) is 0 Å². The number of imidazole rings is 1. The van der Waals surface area contributed by atoms with Crippen LogP contribution in [0.4, 0.5) is 5.82 Å². The maximum absolute atomic E-state index is 10.0. The highest BCUT2D eigenvalue weighted by Crippen LogP contribution is 2.60. The average molecular weight is 496 g/mol. The third-order valence-electron chi connectivity index (χ3n) is 10.2. The second-order valence-corrected chi connectivity index (χ2v) is 12.7. The molecule has 4 atom stereocenters. The van der Waals surface area contributed by atoms with E-state index in [-0.39, 0.29) is 18.8 Å².